The summed E-state index contributed by atoms with van der Waals surface area (Å²) >= 11 is 0. The number of benzene rings is 1. The maximum Gasteiger partial charge on any atom is 0.134 e. The first kappa shape index (κ1) is 14.6. The van der Waals surface area contributed by atoms with Crippen LogP contribution in [0, 0.1) is 0 Å². The molecule has 0 unspecified atom stereocenters. The van der Waals surface area contributed by atoms with Gasteiger partial charge >= 0.3 is 0 Å². The van der Waals surface area contributed by atoms with E-state index in [4.69, 9.17) is 9.15 Å². The quantitative estimate of drug-likeness (QED) is 0.820. The molecule has 0 radical (unpaired) electrons. The van der Waals surface area contributed by atoms with Crippen molar-refractivity contribution in [3.63, 3.8) is 0 Å². The van der Waals surface area contributed by atoms with Gasteiger partial charge < -0.3 is 14.5 Å². The Hall–Kier alpha value is -1.32. The van der Waals surface area contributed by atoms with Crippen LogP contribution in [0.4, 0.5) is 0 Å². The summed E-state index contributed by atoms with van der Waals surface area (Å²) in [6.07, 6.45) is 3.57. The number of para-hydroxylation sites is 1. The standard InChI is InChI=1S/C18H25NO2/c1-4-18(2,3)20-12-15-14-7-5-6-8-16(14)21-17(15)11-19-13-9-10-13/h5-8,13,19H,4,9-12H2,1-3H3. The van der Waals surface area contributed by atoms with Crippen molar-refractivity contribution in [2.75, 3.05) is 0 Å². The lowest BCUT2D eigenvalue weighted by molar-refractivity contribution is -0.0317. The van der Waals surface area contributed by atoms with Crippen LogP contribution in [0.1, 0.15) is 51.4 Å². The molecule has 114 valence electrons. The van der Waals surface area contributed by atoms with E-state index in [1.807, 2.05) is 12.1 Å². The molecule has 0 bridgehead atoms. The van der Waals surface area contributed by atoms with E-state index >= 15 is 0 Å². The highest BCUT2D eigenvalue weighted by Gasteiger charge is 2.23. The van der Waals surface area contributed by atoms with E-state index < -0.39 is 0 Å². The molecule has 3 heteroatoms. The zero-order valence-electron chi connectivity index (χ0n) is 13.2. The minimum atomic E-state index is -0.0977. The predicted molar refractivity (Wildman–Crippen MR) is 85.2 cm³/mol. The summed E-state index contributed by atoms with van der Waals surface area (Å²) in [5.74, 6) is 1.02. The third-order valence-corrected chi connectivity index (χ3v) is 4.37. The molecule has 2 aromatic rings. The number of hydrogen-bond donors (Lipinski definition) is 1. The summed E-state index contributed by atoms with van der Waals surface area (Å²) in [5, 5.41) is 4.71. The van der Waals surface area contributed by atoms with Gasteiger partial charge in [0.15, 0.2) is 0 Å². The molecule has 1 saturated carbocycles. The molecule has 1 heterocycles. The van der Waals surface area contributed by atoms with E-state index in [1.54, 1.807) is 0 Å². The highest BCUT2D eigenvalue weighted by molar-refractivity contribution is 5.82. The molecule has 1 fully saturated rings. The van der Waals surface area contributed by atoms with Gasteiger partial charge in [-0.3, -0.25) is 0 Å². The van der Waals surface area contributed by atoms with E-state index in [0.29, 0.717) is 12.6 Å². The van der Waals surface area contributed by atoms with Gasteiger partial charge in [0.2, 0.25) is 0 Å². The molecule has 3 nitrogen and oxygen atoms in total. The minimum Gasteiger partial charge on any atom is -0.459 e. The van der Waals surface area contributed by atoms with E-state index in [0.717, 1.165) is 24.3 Å². The van der Waals surface area contributed by atoms with Crippen LogP contribution in [-0.4, -0.2) is 11.6 Å². The van der Waals surface area contributed by atoms with Gasteiger partial charge in [-0.1, -0.05) is 25.1 Å². The molecule has 0 aliphatic heterocycles. The van der Waals surface area contributed by atoms with Crippen LogP contribution in [0.3, 0.4) is 0 Å². The highest BCUT2D eigenvalue weighted by Crippen LogP contribution is 2.29. The molecular weight excluding hydrogens is 262 g/mol. The second kappa shape index (κ2) is 5.82. The molecule has 1 aromatic carbocycles. The van der Waals surface area contributed by atoms with E-state index in [2.05, 4.69) is 38.2 Å². The van der Waals surface area contributed by atoms with Crippen molar-refractivity contribution in [1.82, 2.24) is 5.32 Å². The van der Waals surface area contributed by atoms with Gasteiger partial charge in [0.25, 0.3) is 0 Å². The van der Waals surface area contributed by atoms with E-state index in [9.17, 15) is 0 Å². The number of ether oxygens (including phenoxy) is 1. The van der Waals surface area contributed by atoms with Crippen molar-refractivity contribution in [2.24, 2.45) is 0 Å². The Bertz CT molecular complexity index is 611. The van der Waals surface area contributed by atoms with Crippen molar-refractivity contribution in [2.45, 2.75) is 64.8 Å². The molecule has 1 aromatic heterocycles. The lowest BCUT2D eigenvalue weighted by Crippen LogP contribution is -2.23. The Morgan fingerprint density at radius 3 is 2.76 bits per heavy atom. The third-order valence-electron chi connectivity index (χ3n) is 4.37. The van der Waals surface area contributed by atoms with Crippen molar-refractivity contribution in [3.8, 4) is 0 Å². The lowest BCUT2D eigenvalue weighted by Gasteiger charge is -2.23. The minimum absolute atomic E-state index is 0.0977. The van der Waals surface area contributed by atoms with Gasteiger partial charge in [-0.05, 0) is 39.2 Å². The van der Waals surface area contributed by atoms with Gasteiger partial charge in [0.1, 0.15) is 11.3 Å². The molecule has 0 saturated heterocycles. The zero-order valence-corrected chi connectivity index (χ0v) is 13.2. The Kier molecular flexibility index (Phi) is 4.05. The molecular formula is C18H25NO2. The normalized spacial score (nSPS) is 15.8. The molecule has 0 amide bonds. The Labute approximate surface area is 126 Å². The van der Waals surface area contributed by atoms with Crippen molar-refractivity contribution in [3.05, 3.63) is 35.6 Å². The van der Waals surface area contributed by atoms with E-state index in [1.165, 1.54) is 23.8 Å². The average Bonchev–Trinajstić information content (AvgIpc) is 3.24. The topological polar surface area (TPSA) is 34.4 Å². The fourth-order valence-corrected chi connectivity index (χ4v) is 2.34. The second-order valence-corrected chi connectivity index (χ2v) is 6.56. The second-order valence-electron chi connectivity index (χ2n) is 6.56. The SMILES string of the molecule is CCC(C)(C)OCc1c(CNC2CC2)oc2ccccc12. The van der Waals surface area contributed by atoms with Gasteiger partial charge in [0, 0.05) is 17.0 Å². The first-order valence-corrected chi connectivity index (χ1v) is 7.95. The molecule has 21 heavy (non-hydrogen) atoms. The number of nitrogens with one attached hydrogen (secondary N) is 1. The maximum absolute atomic E-state index is 6.11. The molecule has 3 rings (SSSR count). The Morgan fingerprint density at radius 2 is 2.05 bits per heavy atom. The first-order valence-electron chi connectivity index (χ1n) is 7.95. The number of fused-ring (bicyclic) bond motifs is 1. The summed E-state index contributed by atoms with van der Waals surface area (Å²) in [6.45, 7) is 7.84. The smallest absolute Gasteiger partial charge is 0.134 e. The maximum atomic E-state index is 6.11. The average molecular weight is 287 g/mol. The van der Waals surface area contributed by atoms with Crippen LogP contribution >= 0.6 is 0 Å². The fourth-order valence-electron chi connectivity index (χ4n) is 2.34. The number of hydrogen-bond acceptors (Lipinski definition) is 3. The summed E-state index contributed by atoms with van der Waals surface area (Å²) in [6, 6.07) is 8.91. The summed E-state index contributed by atoms with van der Waals surface area (Å²) in [4.78, 5) is 0. The van der Waals surface area contributed by atoms with Crippen LogP contribution in [-0.2, 0) is 17.9 Å². The summed E-state index contributed by atoms with van der Waals surface area (Å²) < 4.78 is 12.1. The fraction of sp³-hybridized carbons (Fsp3) is 0.556. The molecule has 1 N–H and O–H groups in total. The third kappa shape index (κ3) is 3.47. The van der Waals surface area contributed by atoms with Crippen LogP contribution in [0.5, 0.6) is 0 Å². The number of furan rings is 1. The highest BCUT2D eigenvalue weighted by atomic mass is 16.5. The lowest BCUT2D eigenvalue weighted by atomic mass is 10.1. The van der Waals surface area contributed by atoms with Crippen LogP contribution in [0.25, 0.3) is 11.0 Å². The first-order chi connectivity index (χ1) is 10.1. The van der Waals surface area contributed by atoms with Gasteiger partial charge in [-0.25, -0.2) is 0 Å². The van der Waals surface area contributed by atoms with Crippen LogP contribution in [0.2, 0.25) is 0 Å². The predicted octanol–water partition coefficient (Wildman–Crippen LogP) is 4.39. The van der Waals surface area contributed by atoms with Crippen molar-refractivity contribution >= 4 is 11.0 Å². The molecule has 0 spiro atoms. The van der Waals surface area contributed by atoms with E-state index in [-0.39, 0.29) is 5.60 Å². The zero-order chi connectivity index (χ0) is 14.9. The van der Waals surface area contributed by atoms with Gasteiger partial charge in [-0.2, -0.15) is 0 Å². The summed E-state index contributed by atoms with van der Waals surface area (Å²) in [7, 11) is 0. The molecule has 0 atom stereocenters. The van der Waals surface area contributed by atoms with Gasteiger partial charge in [0.05, 0.1) is 18.8 Å². The van der Waals surface area contributed by atoms with Crippen molar-refractivity contribution < 1.29 is 9.15 Å². The monoisotopic (exact) mass is 287 g/mol. The summed E-state index contributed by atoms with van der Waals surface area (Å²) in [5.41, 5.74) is 2.05. The largest absolute Gasteiger partial charge is 0.459 e. The Balaban J connectivity index is 1.83. The van der Waals surface area contributed by atoms with Crippen molar-refractivity contribution in [1.29, 1.82) is 0 Å². The molecule has 1 aliphatic rings. The van der Waals surface area contributed by atoms with Crippen LogP contribution < -0.4 is 5.32 Å². The van der Waals surface area contributed by atoms with Crippen LogP contribution in [0.15, 0.2) is 28.7 Å². The molecule has 1 aliphatic carbocycles. The van der Waals surface area contributed by atoms with Gasteiger partial charge in [-0.15, -0.1) is 0 Å². The number of rotatable bonds is 7. The Morgan fingerprint density at radius 1 is 1.29 bits per heavy atom.